The molecule has 82 valence electrons. The first-order chi connectivity index (χ1) is 7.13. The molecule has 0 heterocycles. The van der Waals surface area contributed by atoms with Gasteiger partial charge in [0.1, 0.15) is 6.61 Å². The van der Waals surface area contributed by atoms with Crippen LogP contribution in [-0.2, 0) is 16.1 Å². The van der Waals surface area contributed by atoms with Crippen LogP contribution >= 0.6 is 0 Å². The smallest absolute Gasteiger partial charge is 0.259 e. The monoisotopic (exact) mass is 208 g/mol. The molecule has 0 aliphatic heterocycles. The predicted molar refractivity (Wildman–Crippen MR) is 57.9 cm³/mol. The third-order valence-corrected chi connectivity index (χ3v) is 2.16. The number of amides is 1. The number of carbonyl (C=O) groups is 1. The Balaban J connectivity index is 2.50. The molecule has 0 saturated heterocycles. The largest absolute Gasteiger partial charge is 0.367 e. The van der Waals surface area contributed by atoms with Crippen molar-refractivity contribution in [3.05, 3.63) is 34.9 Å². The molecule has 1 amide bonds. The van der Waals surface area contributed by atoms with E-state index in [1.54, 1.807) is 0 Å². The Hall–Kier alpha value is -1.39. The normalized spacial score (nSPS) is 10.1. The van der Waals surface area contributed by atoms with E-state index < -0.39 is 0 Å². The van der Waals surface area contributed by atoms with Crippen molar-refractivity contribution < 1.29 is 9.53 Å². The van der Waals surface area contributed by atoms with E-state index >= 15 is 0 Å². The third-order valence-electron chi connectivity index (χ3n) is 2.16. The topological polar surface area (TPSA) is 64.3 Å². The molecule has 1 aromatic carbocycles. The van der Waals surface area contributed by atoms with E-state index in [-0.39, 0.29) is 12.5 Å². The average Bonchev–Trinajstić information content (AvgIpc) is 2.23. The fourth-order valence-electron chi connectivity index (χ4n) is 1.25. The van der Waals surface area contributed by atoms with Gasteiger partial charge in [-0.1, -0.05) is 23.8 Å². The van der Waals surface area contributed by atoms with Gasteiger partial charge in [-0.3, -0.25) is 10.2 Å². The Labute approximate surface area is 89.4 Å². The van der Waals surface area contributed by atoms with Gasteiger partial charge in [-0.25, -0.2) is 5.84 Å². The van der Waals surface area contributed by atoms with Gasteiger partial charge in [0, 0.05) is 0 Å². The summed E-state index contributed by atoms with van der Waals surface area (Å²) in [5, 5.41) is 0. The maximum Gasteiger partial charge on any atom is 0.259 e. The zero-order chi connectivity index (χ0) is 11.3. The molecule has 0 atom stereocenters. The molecule has 0 aliphatic rings. The van der Waals surface area contributed by atoms with Crippen LogP contribution in [0.3, 0.4) is 0 Å². The number of carbonyl (C=O) groups excluding carboxylic acids is 1. The molecule has 0 fully saturated rings. The van der Waals surface area contributed by atoms with Crippen molar-refractivity contribution in [2.45, 2.75) is 20.5 Å². The molecule has 4 nitrogen and oxygen atoms in total. The molecule has 0 unspecified atom stereocenters. The number of hydrogen-bond donors (Lipinski definition) is 2. The van der Waals surface area contributed by atoms with Crippen LogP contribution in [0, 0.1) is 13.8 Å². The zero-order valence-electron chi connectivity index (χ0n) is 9.04. The van der Waals surface area contributed by atoms with Gasteiger partial charge in [0.05, 0.1) is 6.61 Å². The number of rotatable bonds is 4. The van der Waals surface area contributed by atoms with Crippen LogP contribution in [0.1, 0.15) is 16.7 Å². The number of hydrazine groups is 1. The Kier molecular flexibility index (Phi) is 4.27. The summed E-state index contributed by atoms with van der Waals surface area (Å²) in [6, 6.07) is 6.14. The quantitative estimate of drug-likeness (QED) is 0.437. The van der Waals surface area contributed by atoms with Crippen molar-refractivity contribution in [2.75, 3.05) is 6.61 Å². The van der Waals surface area contributed by atoms with Gasteiger partial charge in [0.25, 0.3) is 5.91 Å². The molecule has 0 radical (unpaired) electrons. The number of ether oxygens (including phenoxy) is 1. The zero-order valence-corrected chi connectivity index (χ0v) is 9.04. The van der Waals surface area contributed by atoms with E-state index in [0.717, 1.165) is 11.1 Å². The lowest BCUT2D eigenvalue weighted by molar-refractivity contribution is -0.126. The van der Waals surface area contributed by atoms with Gasteiger partial charge in [-0.05, 0) is 25.0 Å². The third kappa shape index (κ3) is 3.69. The van der Waals surface area contributed by atoms with Gasteiger partial charge in [0.15, 0.2) is 0 Å². The first kappa shape index (κ1) is 11.7. The van der Waals surface area contributed by atoms with Gasteiger partial charge in [-0.15, -0.1) is 0 Å². The fourth-order valence-corrected chi connectivity index (χ4v) is 1.25. The molecule has 3 N–H and O–H groups in total. The van der Waals surface area contributed by atoms with Gasteiger partial charge >= 0.3 is 0 Å². The van der Waals surface area contributed by atoms with Gasteiger partial charge in [-0.2, -0.15) is 0 Å². The van der Waals surface area contributed by atoms with E-state index in [9.17, 15) is 4.79 Å². The summed E-state index contributed by atoms with van der Waals surface area (Å²) in [5.74, 6) is 4.61. The second-order valence-corrected chi connectivity index (χ2v) is 3.49. The Morgan fingerprint density at radius 2 is 2.20 bits per heavy atom. The van der Waals surface area contributed by atoms with Crippen molar-refractivity contribution in [1.82, 2.24) is 5.43 Å². The van der Waals surface area contributed by atoms with Crippen LogP contribution in [0.25, 0.3) is 0 Å². The van der Waals surface area contributed by atoms with Crippen LogP contribution in [-0.4, -0.2) is 12.5 Å². The summed E-state index contributed by atoms with van der Waals surface area (Å²) in [5.41, 5.74) is 5.45. The molecule has 0 aromatic heterocycles. The second kappa shape index (κ2) is 5.48. The Morgan fingerprint density at radius 1 is 1.47 bits per heavy atom. The summed E-state index contributed by atoms with van der Waals surface area (Å²) in [4.78, 5) is 10.8. The van der Waals surface area contributed by atoms with E-state index in [4.69, 9.17) is 10.6 Å². The molecule has 0 saturated carbocycles. The highest BCUT2D eigenvalue weighted by atomic mass is 16.5. The van der Waals surface area contributed by atoms with Crippen LogP contribution in [0.15, 0.2) is 18.2 Å². The first-order valence-electron chi connectivity index (χ1n) is 4.77. The molecular formula is C11H16N2O2. The number of aryl methyl sites for hydroxylation is 2. The standard InChI is InChI=1S/C11H16N2O2/c1-8-3-4-9(2)10(5-8)6-15-7-11(14)13-12/h3-5H,6-7,12H2,1-2H3,(H,13,14). The maximum atomic E-state index is 10.8. The molecule has 0 aliphatic carbocycles. The predicted octanol–water partition coefficient (Wildman–Crippen LogP) is 0.810. The van der Waals surface area contributed by atoms with Crippen LogP contribution in [0.5, 0.6) is 0 Å². The summed E-state index contributed by atoms with van der Waals surface area (Å²) < 4.78 is 5.22. The number of benzene rings is 1. The van der Waals surface area contributed by atoms with Crippen molar-refractivity contribution >= 4 is 5.91 Å². The Bertz CT molecular complexity index is 350. The van der Waals surface area contributed by atoms with Crippen molar-refractivity contribution in [1.29, 1.82) is 0 Å². The number of nitrogens with one attached hydrogen (secondary N) is 1. The lowest BCUT2D eigenvalue weighted by atomic mass is 10.1. The lowest BCUT2D eigenvalue weighted by Crippen LogP contribution is -2.33. The molecule has 1 aromatic rings. The van der Waals surface area contributed by atoms with Gasteiger partial charge in [0.2, 0.25) is 0 Å². The van der Waals surface area contributed by atoms with E-state index in [2.05, 4.69) is 6.07 Å². The van der Waals surface area contributed by atoms with Crippen molar-refractivity contribution in [3.63, 3.8) is 0 Å². The maximum absolute atomic E-state index is 10.8. The minimum absolute atomic E-state index is 0.0100. The highest BCUT2D eigenvalue weighted by Crippen LogP contribution is 2.11. The van der Waals surface area contributed by atoms with E-state index in [1.165, 1.54) is 5.56 Å². The molecule has 15 heavy (non-hydrogen) atoms. The summed E-state index contributed by atoms with van der Waals surface area (Å²) in [7, 11) is 0. The minimum atomic E-state index is -0.319. The van der Waals surface area contributed by atoms with E-state index in [0.29, 0.717) is 6.61 Å². The number of nitrogens with two attached hydrogens (primary N) is 1. The van der Waals surface area contributed by atoms with Crippen molar-refractivity contribution in [3.8, 4) is 0 Å². The van der Waals surface area contributed by atoms with Crippen LogP contribution < -0.4 is 11.3 Å². The van der Waals surface area contributed by atoms with E-state index in [1.807, 2.05) is 31.4 Å². The average molecular weight is 208 g/mol. The van der Waals surface area contributed by atoms with Crippen LogP contribution in [0.4, 0.5) is 0 Å². The molecule has 0 spiro atoms. The number of hydrogen-bond acceptors (Lipinski definition) is 3. The highest BCUT2D eigenvalue weighted by molar-refractivity contribution is 5.76. The van der Waals surface area contributed by atoms with Crippen molar-refractivity contribution in [2.24, 2.45) is 5.84 Å². The van der Waals surface area contributed by atoms with Crippen LogP contribution in [0.2, 0.25) is 0 Å². The summed E-state index contributed by atoms with van der Waals surface area (Å²) in [6.45, 7) is 4.46. The minimum Gasteiger partial charge on any atom is -0.367 e. The SMILES string of the molecule is Cc1ccc(C)c(COCC(=O)NN)c1. The molecule has 4 heteroatoms. The second-order valence-electron chi connectivity index (χ2n) is 3.49. The Morgan fingerprint density at radius 3 is 2.87 bits per heavy atom. The van der Waals surface area contributed by atoms with Gasteiger partial charge < -0.3 is 4.74 Å². The molecular weight excluding hydrogens is 192 g/mol. The first-order valence-corrected chi connectivity index (χ1v) is 4.77. The lowest BCUT2D eigenvalue weighted by Gasteiger charge is -2.07. The highest BCUT2D eigenvalue weighted by Gasteiger charge is 2.01. The molecule has 0 bridgehead atoms. The summed E-state index contributed by atoms with van der Waals surface area (Å²) >= 11 is 0. The molecule has 1 rings (SSSR count). The fraction of sp³-hybridized carbons (Fsp3) is 0.364. The summed E-state index contributed by atoms with van der Waals surface area (Å²) in [6.07, 6.45) is 0.